The first-order chi connectivity index (χ1) is 13.8. The topological polar surface area (TPSA) is 75.7 Å². The molecule has 0 aliphatic carbocycles. The van der Waals surface area contributed by atoms with Crippen LogP contribution < -0.4 is 10.1 Å². The fraction of sp³-hybridized carbons (Fsp3) is 0.381. The van der Waals surface area contributed by atoms with Crippen molar-refractivity contribution in [3.63, 3.8) is 0 Å². The Morgan fingerprint density at radius 3 is 2.38 bits per heavy atom. The molecular formula is C21H27ClN2O4S. The van der Waals surface area contributed by atoms with Crippen LogP contribution in [0.3, 0.4) is 0 Å². The summed E-state index contributed by atoms with van der Waals surface area (Å²) in [6, 6.07) is 13.4. The maximum absolute atomic E-state index is 12.5. The van der Waals surface area contributed by atoms with Gasteiger partial charge in [-0.1, -0.05) is 37.6 Å². The zero-order chi connectivity index (χ0) is 21.4. The van der Waals surface area contributed by atoms with E-state index in [2.05, 4.69) is 10.2 Å². The van der Waals surface area contributed by atoms with Gasteiger partial charge < -0.3 is 10.1 Å². The van der Waals surface area contributed by atoms with Gasteiger partial charge in [0.15, 0.2) is 9.84 Å². The molecule has 0 heterocycles. The monoisotopic (exact) mass is 438 g/mol. The van der Waals surface area contributed by atoms with Gasteiger partial charge in [0.25, 0.3) is 0 Å². The number of nitrogens with one attached hydrogen (secondary N) is 1. The SMILES string of the molecule is CCN(CC)C(CNC(=O)CS(=O)(=O)c1ccc(Cl)cc1)c1cccc(OC)c1. The average molecular weight is 439 g/mol. The van der Waals surface area contributed by atoms with Gasteiger partial charge >= 0.3 is 0 Å². The quantitative estimate of drug-likeness (QED) is 0.615. The maximum atomic E-state index is 12.5. The lowest BCUT2D eigenvalue weighted by molar-refractivity contribution is -0.118. The van der Waals surface area contributed by atoms with Gasteiger partial charge in [-0.2, -0.15) is 0 Å². The summed E-state index contributed by atoms with van der Waals surface area (Å²) in [5.74, 6) is -0.422. The lowest BCUT2D eigenvalue weighted by Crippen LogP contribution is -2.40. The number of carbonyl (C=O) groups excluding carboxylic acids is 1. The zero-order valence-electron chi connectivity index (χ0n) is 16.9. The molecule has 2 aromatic carbocycles. The highest BCUT2D eigenvalue weighted by Crippen LogP contribution is 2.24. The highest BCUT2D eigenvalue weighted by atomic mass is 35.5. The molecule has 1 atom stereocenters. The molecule has 0 fully saturated rings. The number of likely N-dealkylation sites (N-methyl/N-ethyl adjacent to an activating group) is 1. The molecule has 1 unspecified atom stereocenters. The summed E-state index contributed by atoms with van der Waals surface area (Å²) < 4.78 is 30.2. The maximum Gasteiger partial charge on any atom is 0.235 e. The molecule has 8 heteroatoms. The van der Waals surface area contributed by atoms with Crippen LogP contribution in [0, 0.1) is 0 Å². The van der Waals surface area contributed by atoms with Gasteiger partial charge in [-0.25, -0.2) is 8.42 Å². The van der Waals surface area contributed by atoms with Gasteiger partial charge in [-0.05, 0) is 55.1 Å². The first kappa shape index (κ1) is 23.2. The summed E-state index contributed by atoms with van der Waals surface area (Å²) >= 11 is 5.80. The molecule has 158 valence electrons. The number of hydrogen-bond acceptors (Lipinski definition) is 5. The van der Waals surface area contributed by atoms with Crippen molar-refractivity contribution in [1.82, 2.24) is 10.2 Å². The van der Waals surface area contributed by atoms with Gasteiger partial charge in [0.2, 0.25) is 5.91 Å². The van der Waals surface area contributed by atoms with Crippen LogP contribution in [0.25, 0.3) is 0 Å². The molecular weight excluding hydrogens is 412 g/mol. The number of rotatable bonds is 10. The van der Waals surface area contributed by atoms with E-state index in [4.69, 9.17) is 16.3 Å². The van der Waals surface area contributed by atoms with Crippen LogP contribution in [0.15, 0.2) is 53.4 Å². The third kappa shape index (κ3) is 6.45. The van der Waals surface area contributed by atoms with Crippen LogP contribution in [-0.4, -0.2) is 51.7 Å². The van der Waals surface area contributed by atoms with Crippen molar-refractivity contribution >= 4 is 27.3 Å². The summed E-state index contributed by atoms with van der Waals surface area (Å²) in [4.78, 5) is 14.7. The van der Waals surface area contributed by atoms with Gasteiger partial charge in [-0.3, -0.25) is 9.69 Å². The largest absolute Gasteiger partial charge is 0.497 e. The Kier molecular flexibility index (Phi) is 8.49. The smallest absolute Gasteiger partial charge is 0.235 e. The van der Waals surface area contributed by atoms with Crippen LogP contribution in [0.2, 0.25) is 5.02 Å². The highest BCUT2D eigenvalue weighted by molar-refractivity contribution is 7.92. The van der Waals surface area contributed by atoms with Gasteiger partial charge in [-0.15, -0.1) is 0 Å². The minimum Gasteiger partial charge on any atom is -0.497 e. The van der Waals surface area contributed by atoms with Crippen molar-refractivity contribution in [3.8, 4) is 5.75 Å². The molecule has 2 aromatic rings. The first-order valence-electron chi connectivity index (χ1n) is 9.43. The number of carbonyl (C=O) groups is 1. The molecule has 0 aromatic heterocycles. The second kappa shape index (κ2) is 10.6. The Morgan fingerprint density at radius 2 is 1.79 bits per heavy atom. The lowest BCUT2D eigenvalue weighted by atomic mass is 10.0. The summed E-state index contributed by atoms with van der Waals surface area (Å²) in [6.07, 6.45) is 0. The van der Waals surface area contributed by atoms with E-state index < -0.39 is 21.5 Å². The summed E-state index contributed by atoms with van der Waals surface area (Å²) in [6.45, 7) is 5.96. The Hall–Kier alpha value is -2.09. The number of halogens is 1. The number of hydrogen-bond donors (Lipinski definition) is 1. The van der Waals surface area contributed by atoms with Crippen molar-refractivity contribution in [2.24, 2.45) is 0 Å². The molecule has 1 amide bonds. The zero-order valence-corrected chi connectivity index (χ0v) is 18.5. The third-order valence-electron chi connectivity index (χ3n) is 4.72. The van der Waals surface area contributed by atoms with E-state index in [1.807, 2.05) is 38.1 Å². The fourth-order valence-electron chi connectivity index (χ4n) is 3.13. The molecule has 0 spiro atoms. The molecule has 29 heavy (non-hydrogen) atoms. The second-order valence-corrected chi connectivity index (χ2v) is 8.96. The van der Waals surface area contributed by atoms with E-state index in [-0.39, 0.29) is 10.9 Å². The van der Waals surface area contributed by atoms with Crippen LogP contribution in [0.5, 0.6) is 5.75 Å². The second-order valence-electron chi connectivity index (χ2n) is 6.53. The van der Waals surface area contributed by atoms with Crippen LogP contribution >= 0.6 is 11.6 Å². The van der Waals surface area contributed by atoms with Gasteiger partial charge in [0, 0.05) is 11.6 Å². The summed E-state index contributed by atoms with van der Waals surface area (Å²) in [5, 5.41) is 3.22. The Morgan fingerprint density at radius 1 is 1.14 bits per heavy atom. The van der Waals surface area contributed by atoms with E-state index in [0.29, 0.717) is 11.6 Å². The van der Waals surface area contributed by atoms with Crippen molar-refractivity contribution in [1.29, 1.82) is 0 Å². The van der Waals surface area contributed by atoms with Crippen molar-refractivity contribution in [3.05, 3.63) is 59.1 Å². The number of methoxy groups -OCH3 is 1. The molecule has 0 aliphatic heterocycles. The van der Waals surface area contributed by atoms with E-state index >= 15 is 0 Å². The van der Waals surface area contributed by atoms with E-state index in [1.54, 1.807) is 7.11 Å². The standard InChI is InChI=1S/C21H27ClN2O4S/c1-4-24(5-2)20(16-7-6-8-18(13-16)28-3)14-23-21(25)15-29(26,27)19-11-9-17(22)10-12-19/h6-13,20H,4-5,14-15H2,1-3H3,(H,23,25). The normalized spacial score (nSPS) is 12.6. The third-order valence-corrected chi connectivity index (χ3v) is 6.60. The van der Waals surface area contributed by atoms with Crippen LogP contribution in [0.4, 0.5) is 0 Å². The number of nitrogens with zero attached hydrogens (tertiary/aromatic N) is 1. The van der Waals surface area contributed by atoms with E-state index in [1.165, 1.54) is 24.3 Å². The predicted octanol–water partition coefficient (Wildman–Crippen LogP) is 3.32. The number of benzene rings is 2. The first-order valence-corrected chi connectivity index (χ1v) is 11.5. The van der Waals surface area contributed by atoms with Crippen molar-refractivity contribution in [2.75, 3.05) is 32.5 Å². The molecule has 0 radical (unpaired) electrons. The van der Waals surface area contributed by atoms with E-state index in [9.17, 15) is 13.2 Å². The Balaban J connectivity index is 2.11. The Labute approximate surface area is 177 Å². The summed E-state index contributed by atoms with van der Waals surface area (Å²) in [7, 11) is -2.13. The molecule has 2 rings (SSSR count). The lowest BCUT2D eigenvalue weighted by Gasteiger charge is -2.30. The molecule has 1 N–H and O–H groups in total. The average Bonchev–Trinajstić information content (AvgIpc) is 2.71. The molecule has 0 saturated carbocycles. The minimum absolute atomic E-state index is 0.0742. The Bertz CT molecular complexity index is 913. The van der Waals surface area contributed by atoms with Crippen molar-refractivity contribution in [2.45, 2.75) is 24.8 Å². The molecule has 0 aliphatic rings. The molecule has 0 saturated heterocycles. The minimum atomic E-state index is -3.74. The fourth-order valence-corrected chi connectivity index (χ4v) is 4.42. The van der Waals surface area contributed by atoms with Gasteiger partial charge in [0.1, 0.15) is 11.5 Å². The number of ether oxygens (including phenoxy) is 1. The van der Waals surface area contributed by atoms with Crippen molar-refractivity contribution < 1.29 is 17.9 Å². The van der Waals surface area contributed by atoms with Crippen LogP contribution in [0.1, 0.15) is 25.5 Å². The predicted molar refractivity (Wildman–Crippen MR) is 115 cm³/mol. The number of amides is 1. The molecule has 0 bridgehead atoms. The van der Waals surface area contributed by atoms with Crippen LogP contribution in [-0.2, 0) is 14.6 Å². The van der Waals surface area contributed by atoms with Gasteiger partial charge in [0.05, 0.1) is 18.0 Å². The molecule has 6 nitrogen and oxygen atoms in total. The highest BCUT2D eigenvalue weighted by Gasteiger charge is 2.23. The van der Waals surface area contributed by atoms with E-state index in [0.717, 1.165) is 24.4 Å². The number of sulfone groups is 1. The summed E-state index contributed by atoms with van der Waals surface area (Å²) in [5.41, 5.74) is 0.994.